The summed E-state index contributed by atoms with van der Waals surface area (Å²) in [4.78, 5) is 0. The smallest absolute Gasteiger partial charge is 0.0716 e. The third-order valence-corrected chi connectivity index (χ3v) is 1.93. The van der Waals surface area contributed by atoms with E-state index >= 15 is 0 Å². The van der Waals surface area contributed by atoms with Gasteiger partial charge in [-0.2, -0.15) is 0 Å². The zero-order chi connectivity index (χ0) is 11.4. The van der Waals surface area contributed by atoms with Gasteiger partial charge in [0.2, 0.25) is 0 Å². The Morgan fingerprint density at radius 3 is 2.67 bits per heavy atom. The minimum atomic E-state index is 0.671. The molecule has 0 N–H and O–H groups in total. The van der Waals surface area contributed by atoms with E-state index in [2.05, 4.69) is 13.2 Å². The lowest BCUT2D eigenvalue weighted by Gasteiger charge is -2.04. The first-order valence-electron chi connectivity index (χ1n) is 5.48. The number of hydrogen-bond acceptors (Lipinski definition) is 1. The Morgan fingerprint density at radius 2 is 2.07 bits per heavy atom. The van der Waals surface area contributed by atoms with Crippen LogP contribution in [-0.4, -0.2) is 13.2 Å². The van der Waals surface area contributed by atoms with Crippen LogP contribution < -0.4 is 0 Å². The van der Waals surface area contributed by atoms with E-state index in [1.54, 1.807) is 6.08 Å². The molecule has 0 saturated carbocycles. The second-order valence-corrected chi connectivity index (χ2v) is 3.31. The maximum Gasteiger partial charge on any atom is 0.0716 e. The normalized spacial score (nSPS) is 11.9. The molecular weight excluding hydrogens is 184 g/mol. The molecule has 0 aliphatic rings. The van der Waals surface area contributed by atoms with Gasteiger partial charge in [0.15, 0.2) is 0 Å². The van der Waals surface area contributed by atoms with Gasteiger partial charge in [-0.15, -0.1) is 6.58 Å². The lowest BCUT2D eigenvalue weighted by Crippen LogP contribution is -1.98. The first kappa shape index (κ1) is 13.9. The Hall–Kier alpha value is -1.08. The molecule has 15 heavy (non-hydrogen) atoms. The molecule has 0 radical (unpaired) electrons. The van der Waals surface area contributed by atoms with E-state index in [4.69, 9.17) is 4.74 Å². The van der Waals surface area contributed by atoms with Gasteiger partial charge in [0.1, 0.15) is 0 Å². The van der Waals surface area contributed by atoms with Gasteiger partial charge in [0.05, 0.1) is 6.61 Å². The van der Waals surface area contributed by atoms with Crippen molar-refractivity contribution in [3.05, 3.63) is 49.1 Å². The number of rotatable bonds is 9. The maximum atomic E-state index is 5.55. The fraction of sp³-hybridized carbons (Fsp3) is 0.429. The molecule has 0 unspecified atom stereocenters. The fourth-order valence-electron chi connectivity index (χ4n) is 1.20. The van der Waals surface area contributed by atoms with Gasteiger partial charge in [-0.3, -0.25) is 0 Å². The highest BCUT2D eigenvalue weighted by Crippen LogP contribution is 2.01. The quantitative estimate of drug-likeness (QED) is 0.314. The molecule has 0 saturated heterocycles. The summed E-state index contributed by atoms with van der Waals surface area (Å²) in [6.45, 7) is 10.9. The van der Waals surface area contributed by atoms with E-state index in [1.807, 2.05) is 31.2 Å². The van der Waals surface area contributed by atoms with Crippen LogP contribution in [0.25, 0.3) is 0 Å². The lowest BCUT2D eigenvalue weighted by atomic mass is 10.2. The van der Waals surface area contributed by atoms with E-state index in [0.717, 1.165) is 31.4 Å². The predicted octanol–water partition coefficient (Wildman–Crippen LogP) is 4.05. The Labute approximate surface area is 93.8 Å². The van der Waals surface area contributed by atoms with Gasteiger partial charge < -0.3 is 4.74 Å². The number of ether oxygens (including phenoxy) is 1. The van der Waals surface area contributed by atoms with Crippen LogP contribution in [0.3, 0.4) is 0 Å². The highest BCUT2D eigenvalue weighted by molar-refractivity contribution is 5.22. The minimum absolute atomic E-state index is 0.671. The molecule has 0 amide bonds. The number of unbranched alkanes of at least 4 members (excludes halogenated alkanes) is 2. The standard InChI is InChI=1S/C14H22O/c1-4-7-8-9-12-15-13-14(10-5-2)11-6-3/h4-6,10-11H,1-2,7-9,12-13H2,3H3/b11-6-,14-10+. The van der Waals surface area contributed by atoms with Gasteiger partial charge in [0.25, 0.3) is 0 Å². The predicted molar refractivity (Wildman–Crippen MR) is 68.0 cm³/mol. The zero-order valence-electron chi connectivity index (χ0n) is 9.74. The summed E-state index contributed by atoms with van der Waals surface area (Å²) in [6, 6.07) is 0. The maximum absolute atomic E-state index is 5.55. The zero-order valence-corrected chi connectivity index (χ0v) is 9.74. The van der Waals surface area contributed by atoms with Crippen molar-refractivity contribution in [2.75, 3.05) is 13.2 Å². The van der Waals surface area contributed by atoms with Crippen molar-refractivity contribution >= 4 is 0 Å². The molecule has 0 heterocycles. The summed E-state index contributed by atoms with van der Waals surface area (Å²) in [5.74, 6) is 0. The van der Waals surface area contributed by atoms with Crippen molar-refractivity contribution in [2.24, 2.45) is 0 Å². The molecule has 0 aromatic rings. The molecule has 0 bridgehead atoms. The summed E-state index contributed by atoms with van der Waals surface area (Å²) in [5, 5.41) is 0. The van der Waals surface area contributed by atoms with Crippen molar-refractivity contribution < 1.29 is 4.74 Å². The molecule has 0 spiro atoms. The van der Waals surface area contributed by atoms with Crippen molar-refractivity contribution in [1.29, 1.82) is 0 Å². The molecule has 0 aliphatic carbocycles. The van der Waals surface area contributed by atoms with Gasteiger partial charge in [-0.1, -0.05) is 37.0 Å². The second-order valence-electron chi connectivity index (χ2n) is 3.31. The van der Waals surface area contributed by atoms with Crippen LogP contribution in [-0.2, 0) is 4.74 Å². The van der Waals surface area contributed by atoms with Gasteiger partial charge in [-0.05, 0) is 31.8 Å². The molecule has 0 fully saturated rings. The van der Waals surface area contributed by atoms with Crippen LogP contribution in [0, 0.1) is 0 Å². The van der Waals surface area contributed by atoms with Crippen molar-refractivity contribution in [3.8, 4) is 0 Å². The molecule has 1 nitrogen and oxygen atoms in total. The molecule has 84 valence electrons. The summed E-state index contributed by atoms with van der Waals surface area (Å²) in [6.07, 6.45) is 13.1. The van der Waals surface area contributed by atoms with Crippen LogP contribution in [0.2, 0.25) is 0 Å². The summed E-state index contributed by atoms with van der Waals surface area (Å²) < 4.78 is 5.55. The van der Waals surface area contributed by atoms with Crippen LogP contribution in [0.4, 0.5) is 0 Å². The van der Waals surface area contributed by atoms with Crippen molar-refractivity contribution in [2.45, 2.75) is 26.2 Å². The Bertz CT molecular complexity index is 223. The molecular formula is C14H22O. The van der Waals surface area contributed by atoms with Crippen molar-refractivity contribution in [1.82, 2.24) is 0 Å². The van der Waals surface area contributed by atoms with Gasteiger partial charge in [-0.25, -0.2) is 0 Å². The van der Waals surface area contributed by atoms with Crippen LogP contribution >= 0.6 is 0 Å². The average molecular weight is 206 g/mol. The lowest BCUT2D eigenvalue weighted by molar-refractivity contribution is 0.154. The number of allylic oxidation sites excluding steroid dienone is 4. The SMILES string of the molecule is C=C/C=C(\C=C/C)COCCCCC=C. The summed E-state index contributed by atoms with van der Waals surface area (Å²) in [7, 11) is 0. The van der Waals surface area contributed by atoms with E-state index in [-0.39, 0.29) is 0 Å². The average Bonchev–Trinajstić information content (AvgIpc) is 2.24. The topological polar surface area (TPSA) is 9.23 Å². The fourth-order valence-corrected chi connectivity index (χ4v) is 1.20. The third kappa shape index (κ3) is 9.23. The molecule has 0 rings (SSSR count). The van der Waals surface area contributed by atoms with E-state index in [9.17, 15) is 0 Å². The van der Waals surface area contributed by atoms with Crippen LogP contribution in [0.1, 0.15) is 26.2 Å². The van der Waals surface area contributed by atoms with Crippen LogP contribution in [0.5, 0.6) is 0 Å². The summed E-state index contributed by atoms with van der Waals surface area (Å²) in [5.41, 5.74) is 1.16. The van der Waals surface area contributed by atoms with E-state index in [1.165, 1.54) is 0 Å². The first-order chi connectivity index (χ1) is 7.35. The molecule has 0 aromatic heterocycles. The Balaban J connectivity index is 3.58. The van der Waals surface area contributed by atoms with Crippen molar-refractivity contribution in [3.63, 3.8) is 0 Å². The molecule has 1 heteroatoms. The van der Waals surface area contributed by atoms with E-state index in [0.29, 0.717) is 6.61 Å². The molecule has 0 atom stereocenters. The van der Waals surface area contributed by atoms with Gasteiger partial charge in [0, 0.05) is 6.61 Å². The minimum Gasteiger partial charge on any atom is -0.377 e. The van der Waals surface area contributed by atoms with Gasteiger partial charge >= 0.3 is 0 Å². The molecule has 0 aliphatic heterocycles. The monoisotopic (exact) mass is 206 g/mol. The summed E-state index contributed by atoms with van der Waals surface area (Å²) >= 11 is 0. The molecule has 0 aromatic carbocycles. The number of hydrogen-bond donors (Lipinski definition) is 0. The second kappa shape index (κ2) is 11.0. The van der Waals surface area contributed by atoms with E-state index < -0.39 is 0 Å². The Morgan fingerprint density at radius 1 is 1.27 bits per heavy atom. The third-order valence-electron chi connectivity index (χ3n) is 1.93. The first-order valence-corrected chi connectivity index (χ1v) is 5.48. The Kier molecular flexibility index (Phi) is 10.2. The largest absolute Gasteiger partial charge is 0.377 e. The highest BCUT2D eigenvalue weighted by atomic mass is 16.5. The highest BCUT2D eigenvalue weighted by Gasteiger charge is 1.92. The van der Waals surface area contributed by atoms with Crippen LogP contribution in [0.15, 0.2) is 49.1 Å².